The van der Waals surface area contributed by atoms with E-state index >= 15 is 0 Å². The number of ether oxygens (including phenoxy) is 1. The van der Waals surface area contributed by atoms with Gasteiger partial charge in [0.25, 0.3) is 0 Å². The van der Waals surface area contributed by atoms with Gasteiger partial charge in [-0.15, -0.1) is 0 Å². The Bertz CT molecular complexity index is 211. The van der Waals surface area contributed by atoms with Crippen LogP contribution in [0.2, 0.25) is 0 Å². The van der Waals surface area contributed by atoms with Gasteiger partial charge >= 0.3 is 5.97 Å². The van der Waals surface area contributed by atoms with Crippen molar-refractivity contribution in [1.29, 1.82) is 0 Å². The zero-order chi connectivity index (χ0) is 12.6. The lowest BCUT2D eigenvalue weighted by atomic mass is 10.0. The molecule has 0 aromatic carbocycles. The highest BCUT2D eigenvalue weighted by Crippen LogP contribution is 2.06. The molecule has 1 unspecified atom stereocenters. The van der Waals surface area contributed by atoms with Gasteiger partial charge in [-0.05, 0) is 26.9 Å². The first kappa shape index (κ1) is 15.3. The normalized spacial score (nSPS) is 15.1. The molecule has 2 N–H and O–H groups in total. The number of nitrogens with one attached hydrogen (secondary N) is 1. The van der Waals surface area contributed by atoms with Crippen LogP contribution >= 0.6 is 0 Å². The van der Waals surface area contributed by atoms with Crippen LogP contribution in [0.1, 0.15) is 20.3 Å². The Morgan fingerprint density at radius 2 is 2.19 bits per heavy atom. The van der Waals surface area contributed by atoms with Gasteiger partial charge in [0.2, 0.25) is 0 Å². The highest BCUT2D eigenvalue weighted by atomic mass is 16.5. The Balaban J connectivity index is 4.25. The van der Waals surface area contributed by atoms with Crippen molar-refractivity contribution in [2.24, 2.45) is 0 Å². The van der Waals surface area contributed by atoms with Gasteiger partial charge in [0, 0.05) is 20.2 Å². The molecule has 5 heteroatoms. The molecule has 0 radical (unpaired) electrons. The molecule has 16 heavy (non-hydrogen) atoms. The van der Waals surface area contributed by atoms with E-state index in [0.29, 0.717) is 19.7 Å². The molecule has 0 saturated heterocycles. The summed E-state index contributed by atoms with van der Waals surface area (Å²) in [5.74, 6) is -0.815. The van der Waals surface area contributed by atoms with Gasteiger partial charge in [0.15, 0.2) is 0 Å². The van der Waals surface area contributed by atoms with E-state index in [9.17, 15) is 9.90 Å². The third kappa shape index (κ3) is 5.44. The van der Waals surface area contributed by atoms with E-state index in [1.54, 1.807) is 14.0 Å². The number of carbonyl (C=O) groups is 1. The maximum absolute atomic E-state index is 11.2. The second-order valence-corrected chi connectivity index (χ2v) is 4.29. The molecule has 0 bridgehead atoms. The molecule has 1 atom stereocenters. The Kier molecular flexibility index (Phi) is 7.29. The number of aliphatic carboxylic acids is 1. The summed E-state index contributed by atoms with van der Waals surface area (Å²) in [6, 6.07) is 0. The summed E-state index contributed by atoms with van der Waals surface area (Å²) in [6.07, 6.45) is 0.921. The highest BCUT2D eigenvalue weighted by Gasteiger charge is 2.33. The first-order valence-corrected chi connectivity index (χ1v) is 5.62. The van der Waals surface area contributed by atoms with Crippen molar-refractivity contribution in [1.82, 2.24) is 10.2 Å². The second kappa shape index (κ2) is 7.60. The summed E-state index contributed by atoms with van der Waals surface area (Å²) < 4.78 is 4.96. The van der Waals surface area contributed by atoms with Crippen LogP contribution in [-0.2, 0) is 9.53 Å². The Labute approximate surface area is 97.8 Å². The summed E-state index contributed by atoms with van der Waals surface area (Å²) in [4.78, 5) is 13.2. The number of likely N-dealkylation sites (N-methyl/N-ethyl adjacent to an activating group) is 1. The molecule has 0 rings (SSSR count). The molecular weight excluding hydrogens is 208 g/mol. The summed E-state index contributed by atoms with van der Waals surface area (Å²) in [6.45, 7) is 6.25. The minimum Gasteiger partial charge on any atom is -0.480 e. The lowest BCUT2D eigenvalue weighted by Crippen LogP contribution is -2.56. The molecule has 0 aromatic heterocycles. The molecule has 5 nitrogen and oxygen atoms in total. The fraction of sp³-hybridized carbons (Fsp3) is 0.909. The minimum atomic E-state index is -0.890. The zero-order valence-corrected chi connectivity index (χ0v) is 10.7. The van der Waals surface area contributed by atoms with E-state index in [2.05, 4.69) is 5.32 Å². The van der Waals surface area contributed by atoms with Gasteiger partial charge in [-0.3, -0.25) is 4.79 Å². The van der Waals surface area contributed by atoms with Crippen LogP contribution < -0.4 is 5.32 Å². The van der Waals surface area contributed by atoms with E-state index in [4.69, 9.17) is 4.74 Å². The van der Waals surface area contributed by atoms with Crippen LogP contribution in [0.5, 0.6) is 0 Å². The van der Waals surface area contributed by atoms with Crippen molar-refractivity contribution in [3.05, 3.63) is 0 Å². The van der Waals surface area contributed by atoms with E-state index in [-0.39, 0.29) is 0 Å². The third-order valence-corrected chi connectivity index (χ3v) is 2.50. The number of carboxylic acid groups (broad SMARTS) is 1. The number of nitrogens with zero attached hydrogens (tertiary/aromatic N) is 1. The second-order valence-electron chi connectivity index (χ2n) is 4.29. The molecule has 0 aliphatic heterocycles. The number of rotatable bonds is 9. The topological polar surface area (TPSA) is 61.8 Å². The number of hydrogen-bond acceptors (Lipinski definition) is 4. The van der Waals surface area contributed by atoms with E-state index in [1.807, 2.05) is 18.9 Å². The van der Waals surface area contributed by atoms with Gasteiger partial charge in [0.1, 0.15) is 5.54 Å². The van der Waals surface area contributed by atoms with Crippen molar-refractivity contribution in [3.63, 3.8) is 0 Å². The largest absolute Gasteiger partial charge is 0.480 e. The summed E-state index contributed by atoms with van der Waals surface area (Å²) >= 11 is 0. The Hall–Kier alpha value is -0.650. The molecule has 0 spiro atoms. The Morgan fingerprint density at radius 1 is 1.56 bits per heavy atom. The molecule has 0 fully saturated rings. The van der Waals surface area contributed by atoms with Crippen LogP contribution in [-0.4, -0.2) is 61.9 Å². The smallest absolute Gasteiger partial charge is 0.324 e. The van der Waals surface area contributed by atoms with Gasteiger partial charge in [0.05, 0.1) is 6.61 Å². The zero-order valence-electron chi connectivity index (χ0n) is 10.7. The third-order valence-electron chi connectivity index (χ3n) is 2.50. The molecular formula is C11H24N2O3. The Morgan fingerprint density at radius 3 is 2.62 bits per heavy atom. The monoisotopic (exact) mass is 232 g/mol. The van der Waals surface area contributed by atoms with Crippen LogP contribution in [0.4, 0.5) is 0 Å². The minimum absolute atomic E-state index is 0.464. The van der Waals surface area contributed by atoms with Crippen molar-refractivity contribution in [2.45, 2.75) is 25.8 Å². The summed E-state index contributed by atoms with van der Waals surface area (Å²) in [5, 5.41) is 12.3. The average Bonchev–Trinajstić information content (AvgIpc) is 2.23. The van der Waals surface area contributed by atoms with Crippen molar-refractivity contribution in [3.8, 4) is 0 Å². The SMILES string of the molecule is CCCNC(C)(CN(C)CCOC)C(=O)O. The molecule has 0 aliphatic carbocycles. The first-order chi connectivity index (χ1) is 7.46. The van der Waals surface area contributed by atoms with Crippen LogP contribution in [0.15, 0.2) is 0 Å². The lowest BCUT2D eigenvalue weighted by molar-refractivity contribution is -0.145. The van der Waals surface area contributed by atoms with Crippen LogP contribution in [0.3, 0.4) is 0 Å². The van der Waals surface area contributed by atoms with Gasteiger partial charge in [-0.25, -0.2) is 0 Å². The maximum Gasteiger partial charge on any atom is 0.324 e. The average molecular weight is 232 g/mol. The summed E-state index contributed by atoms with van der Waals surface area (Å²) in [5.41, 5.74) is -0.890. The number of methoxy groups -OCH3 is 1. The number of carboxylic acids is 1. The summed E-state index contributed by atoms with van der Waals surface area (Å²) in [7, 11) is 3.54. The van der Waals surface area contributed by atoms with E-state index in [1.165, 1.54) is 0 Å². The molecule has 0 heterocycles. The van der Waals surface area contributed by atoms with E-state index < -0.39 is 11.5 Å². The predicted octanol–water partition coefficient (Wildman–Crippen LogP) is 0.408. The quantitative estimate of drug-likeness (QED) is 0.603. The first-order valence-electron chi connectivity index (χ1n) is 5.62. The van der Waals surface area contributed by atoms with Crippen molar-refractivity contribution >= 4 is 5.97 Å². The molecule has 96 valence electrons. The molecule has 0 amide bonds. The van der Waals surface area contributed by atoms with Gasteiger partial charge < -0.3 is 20.1 Å². The number of hydrogen-bond donors (Lipinski definition) is 2. The fourth-order valence-corrected chi connectivity index (χ4v) is 1.47. The molecule has 0 aromatic rings. The van der Waals surface area contributed by atoms with Crippen molar-refractivity contribution < 1.29 is 14.6 Å². The molecule has 0 aliphatic rings. The lowest BCUT2D eigenvalue weighted by Gasteiger charge is -2.31. The maximum atomic E-state index is 11.2. The fourth-order valence-electron chi connectivity index (χ4n) is 1.47. The van der Waals surface area contributed by atoms with Gasteiger partial charge in [-0.1, -0.05) is 6.92 Å². The van der Waals surface area contributed by atoms with Gasteiger partial charge in [-0.2, -0.15) is 0 Å². The van der Waals surface area contributed by atoms with Crippen LogP contribution in [0, 0.1) is 0 Å². The predicted molar refractivity (Wildman–Crippen MR) is 63.7 cm³/mol. The molecule has 0 saturated carbocycles. The van der Waals surface area contributed by atoms with Crippen molar-refractivity contribution in [2.75, 3.05) is 40.4 Å². The van der Waals surface area contributed by atoms with Crippen LogP contribution in [0.25, 0.3) is 0 Å². The standard InChI is InChI=1S/C11H24N2O3/c1-5-6-12-11(2,10(14)15)9-13(3)7-8-16-4/h12H,5-9H2,1-4H3,(H,14,15). The highest BCUT2D eigenvalue weighted by molar-refractivity contribution is 5.78. The van der Waals surface area contributed by atoms with E-state index in [0.717, 1.165) is 13.0 Å².